The molecule has 59 heavy (non-hydrogen) atoms. The summed E-state index contributed by atoms with van der Waals surface area (Å²) in [6.07, 6.45) is -5.04. The van der Waals surface area contributed by atoms with E-state index in [0.717, 1.165) is 49.3 Å². The highest BCUT2D eigenvalue weighted by Gasteiger charge is 2.39. The molecule has 306 valence electrons. The van der Waals surface area contributed by atoms with E-state index in [1.54, 1.807) is 18.2 Å². The minimum Gasteiger partial charge on any atom is -0.444 e. The SMILES string of the molecule is O=C1CCC(N2Cc3cc(CN4CCN(c5ccc(-n6cc(NC(=O)c7coc(-c8ccnc(NC(F)C(F)F)c8)n7)c(C(F)F)n6)cc5)CC4)ccc3C2=O)C(=O)N1. The van der Waals surface area contributed by atoms with Gasteiger partial charge in [0.2, 0.25) is 24.0 Å². The van der Waals surface area contributed by atoms with Gasteiger partial charge >= 0.3 is 0 Å². The standard InChI is InChI=1S/C39H35F5N10O5/c40-33(41)32-27(46-36(56)28-20-59-38(47-28)22-9-10-45-30(16-22)48-35(44)34(42)43)19-54(50-32)25-4-2-24(3-5-25)52-13-11-51(12-14-52)17-21-1-6-26-23(15-21)18-53(39(26)58)29-7-8-31(55)49-37(29)57/h1-6,9-10,15-16,19-20,29,33-35H,7-8,11-14,17-18H2,(H,45,48)(H,46,56)(H,49,55,57). The Balaban J connectivity index is 0.864. The molecule has 0 spiro atoms. The number of aromatic nitrogens is 4. The molecule has 2 atom stereocenters. The molecule has 2 saturated heterocycles. The van der Waals surface area contributed by atoms with Gasteiger partial charge in [0, 0.05) is 68.7 Å². The molecule has 2 fully saturated rings. The Morgan fingerprint density at radius 1 is 0.949 bits per heavy atom. The number of oxazole rings is 1. The van der Waals surface area contributed by atoms with Gasteiger partial charge in [0.25, 0.3) is 24.7 Å². The number of nitrogens with zero attached hydrogens (tertiary/aromatic N) is 7. The van der Waals surface area contributed by atoms with Crippen molar-refractivity contribution >= 4 is 40.8 Å². The predicted octanol–water partition coefficient (Wildman–Crippen LogP) is 5.17. The Morgan fingerprint density at radius 3 is 2.44 bits per heavy atom. The number of piperazine rings is 1. The van der Waals surface area contributed by atoms with E-state index in [1.165, 1.54) is 34.1 Å². The summed E-state index contributed by atoms with van der Waals surface area (Å²) < 4.78 is 73.4. The predicted molar refractivity (Wildman–Crippen MR) is 201 cm³/mol. The number of halogens is 5. The van der Waals surface area contributed by atoms with Crippen LogP contribution < -0.4 is 20.9 Å². The first-order chi connectivity index (χ1) is 28.4. The highest BCUT2D eigenvalue weighted by atomic mass is 19.3. The van der Waals surface area contributed by atoms with Gasteiger partial charge < -0.3 is 24.9 Å². The van der Waals surface area contributed by atoms with Crippen LogP contribution in [0.3, 0.4) is 0 Å². The van der Waals surface area contributed by atoms with Crippen LogP contribution in [0.5, 0.6) is 0 Å². The topological polar surface area (TPSA) is 171 Å². The molecule has 0 saturated carbocycles. The molecule has 8 rings (SSSR count). The summed E-state index contributed by atoms with van der Waals surface area (Å²) in [6, 6.07) is 14.8. The lowest BCUT2D eigenvalue weighted by molar-refractivity contribution is -0.136. The second kappa shape index (κ2) is 16.3. The Kier molecular flexibility index (Phi) is 10.8. The first-order valence-corrected chi connectivity index (χ1v) is 18.5. The minimum atomic E-state index is -3.29. The molecule has 3 aliphatic heterocycles. The lowest BCUT2D eigenvalue weighted by atomic mass is 10.0. The number of amides is 4. The third-order valence-corrected chi connectivity index (χ3v) is 10.3. The molecule has 0 radical (unpaired) electrons. The summed E-state index contributed by atoms with van der Waals surface area (Å²) in [4.78, 5) is 64.0. The van der Waals surface area contributed by atoms with E-state index < -0.39 is 42.7 Å². The van der Waals surface area contributed by atoms with Crippen molar-refractivity contribution in [3.8, 4) is 17.1 Å². The maximum Gasteiger partial charge on any atom is 0.287 e. The van der Waals surface area contributed by atoms with Crippen LogP contribution in [-0.4, -0.2) is 98.1 Å². The van der Waals surface area contributed by atoms with Crippen molar-refractivity contribution in [1.82, 2.24) is 34.9 Å². The number of imide groups is 1. The zero-order valence-corrected chi connectivity index (χ0v) is 31.0. The van der Waals surface area contributed by atoms with Gasteiger partial charge in [-0.05, 0) is 60.0 Å². The lowest BCUT2D eigenvalue weighted by Gasteiger charge is -2.36. The Morgan fingerprint density at radius 2 is 1.71 bits per heavy atom. The zero-order chi connectivity index (χ0) is 41.4. The van der Waals surface area contributed by atoms with Crippen molar-refractivity contribution in [2.75, 3.05) is 41.7 Å². The molecule has 3 aromatic heterocycles. The third kappa shape index (κ3) is 8.34. The van der Waals surface area contributed by atoms with Gasteiger partial charge in [0.15, 0.2) is 11.4 Å². The zero-order valence-electron chi connectivity index (χ0n) is 31.0. The molecule has 0 bridgehead atoms. The molecule has 6 heterocycles. The van der Waals surface area contributed by atoms with Crippen LogP contribution >= 0.6 is 0 Å². The Bertz CT molecular complexity index is 2400. The Hall–Kier alpha value is -6.70. The summed E-state index contributed by atoms with van der Waals surface area (Å²) in [5, 5.41) is 10.6. The van der Waals surface area contributed by atoms with Gasteiger partial charge in [-0.15, -0.1) is 0 Å². The molecule has 2 aromatic carbocycles. The quantitative estimate of drug-likeness (QED) is 0.0863. The fourth-order valence-electron chi connectivity index (χ4n) is 7.29. The second-order valence-electron chi connectivity index (χ2n) is 14.1. The monoisotopic (exact) mass is 818 g/mol. The van der Waals surface area contributed by atoms with E-state index in [2.05, 4.69) is 35.5 Å². The van der Waals surface area contributed by atoms with E-state index in [-0.39, 0.29) is 46.9 Å². The highest BCUT2D eigenvalue weighted by molar-refractivity contribution is 6.05. The summed E-state index contributed by atoms with van der Waals surface area (Å²) >= 11 is 0. The van der Waals surface area contributed by atoms with Crippen LogP contribution in [0.1, 0.15) is 56.9 Å². The number of carbonyl (C=O) groups excluding carboxylic acids is 4. The van der Waals surface area contributed by atoms with Crippen molar-refractivity contribution < 1.29 is 45.5 Å². The summed E-state index contributed by atoms with van der Waals surface area (Å²) in [5.74, 6) is -2.21. The molecule has 4 amide bonds. The molecule has 3 N–H and O–H groups in total. The average Bonchev–Trinajstić information content (AvgIpc) is 3.97. The fraction of sp³-hybridized carbons (Fsp3) is 0.308. The fourth-order valence-corrected chi connectivity index (χ4v) is 7.29. The van der Waals surface area contributed by atoms with E-state index in [4.69, 9.17) is 4.42 Å². The third-order valence-electron chi connectivity index (χ3n) is 10.3. The number of piperidine rings is 1. The first-order valence-electron chi connectivity index (χ1n) is 18.5. The summed E-state index contributed by atoms with van der Waals surface area (Å²) in [5.41, 5.74) is 2.84. The van der Waals surface area contributed by atoms with Gasteiger partial charge in [0.1, 0.15) is 18.1 Å². The van der Waals surface area contributed by atoms with E-state index in [1.807, 2.05) is 29.6 Å². The van der Waals surface area contributed by atoms with Crippen molar-refractivity contribution in [2.45, 2.75) is 51.1 Å². The summed E-state index contributed by atoms with van der Waals surface area (Å²) in [7, 11) is 0. The van der Waals surface area contributed by atoms with Crippen molar-refractivity contribution in [3.63, 3.8) is 0 Å². The molecule has 2 unspecified atom stereocenters. The van der Waals surface area contributed by atoms with Crippen LogP contribution in [0.25, 0.3) is 17.1 Å². The molecular formula is C39H35F5N10O5. The number of fused-ring (bicyclic) bond motifs is 1. The van der Waals surface area contributed by atoms with Gasteiger partial charge in [-0.3, -0.25) is 29.4 Å². The minimum absolute atomic E-state index is 0.126. The second-order valence-corrected chi connectivity index (χ2v) is 14.1. The number of carbonyl (C=O) groups is 4. The number of alkyl halides is 5. The average molecular weight is 819 g/mol. The maximum absolute atomic E-state index is 14.1. The smallest absolute Gasteiger partial charge is 0.287 e. The number of rotatable bonds is 12. The highest BCUT2D eigenvalue weighted by Crippen LogP contribution is 2.31. The number of anilines is 3. The van der Waals surface area contributed by atoms with Crippen molar-refractivity contribution in [1.29, 1.82) is 0 Å². The molecular weight excluding hydrogens is 783 g/mol. The molecule has 20 heteroatoms. The number of benzene rings is 2. The summed E-state index contributed by atoms with van der Waals surface area (Å²) in [6.45, 7) is 3.95. The molecule has 0 aliphatic carbocycles. The lowest BCUT2D eigenvalue weighted by Crippen LogP contribution is -2.52. The van der Waals surface area contributed by atoms with Crippen LogP contribution in [0.2, 0.25) is 0 Å². The number of nitrogens with one attached hydrogen (secondary N) is 3. The van der Waals surface area contributed by atoms with Crippen molar-refractivity contribution in [2.24, 2.45) is 0 Å². The molecule has 5 aromatic rings. The van der Waals surface area contributed by atoms with Crippen LogP contribution in [-0.2, 0) is 22.7 Å². The van der Waals surface area contributed by atoms with E-state index in [0.29, 0.717) is 30.8 Å². The van der Waals surface area contributed by atoms with E-state index in [9.17, 15) is 41.1 Å². The van der Waals surface area contributed by atoms with Crippen LogP contribution in [0.4, 0.5) is 39.1 Å². The Labute approximate surface area is 332 Å². The maximum atomic E-state index is 14.1. The number of hydrogen-bond donors (Lipinski definition) is 3. The molecule has 15 nitrogen and oxygen atoms in total. The first kappa shape index (κ1) is 39.1. The van der Waals surface area contributed by atoms with Gasteiger partial charge in [0.05, 0.1) is 17.6 Å². The van der Waals surface area contributed by atoms with Gasteiger partial charge in [-0.2, -0.15) is 5.10 Å². The van der Waals surface area contributed by atoms with Gasteiger partial charge in [-0.1, -0.05) is 12.1 Å². The van der Waals surface area contributed by atoms with E-state index >= 15 is 0 Å². The van der Waals surface area contributed by atoms with Crippen molar-refractivity contribution in [3.05, 3.63) is 101 Å². The normalized spacial score (nSPS) is 17.7. The van der Waals surface area contributed by atoms with Crippen LogP contribution in [0.15, 0.2) is 77.7 Å². The number of hydrogen-bond acceptors (Lipinski definition) is 11. The van der Waals surface area contributed by atoms with Crippen LogP contribution in [0, 0.1) is 0 Å². The largest absolute Gasteiger partial charge is 0.444 e. The molecule has 3 aliphatic rings. The van der Waals surface area contributed by atoms with Gasteiger partial charge in [-0.25, -0.2) is 36.6 Å². The number of pyridine rings is 1.